The Morgan fingerprint density at radius 2 is 2.17 bits per heavy atom. The number of piperidine rings is 1. The quantitative estimate of drug-likeness (QED) is 0.891. The zero-order chi connectivity index (χ0) is 17.1. The van der Waals surface area contributed by atoms with E-state index in [1.165, 1.54) is 0 Å². The molecular formula is C17H20ClN3O3. The highest BCUT2D eigenvalue weighted by atomic mass is 35.5. The van der Waals surface area contributed by atoms with Crippen LogP contribution in [0.3, 0.4) is 0 Å². The van der Waals surface area contributed by atoms with E-state index in [2.05, 4.69) is 9.88 Å². The lowest BCUT2D eigenvalue weighted by molar-refractivity contribution is -0.143. The molecule has 2 aromatic rings. The average Bonchev–Trinajstić information content (AvgIpc) is 2.97. The van der Waals surface area contributed by atoms with Crippen LogP contribution in [0.2, 0.25) is 5.02 Å². The number of hydrogen-bond acceptors (Lipinski definition) is 2. The molecule has 1 aromatic heterocycles. The molecule has 128 valence electrons. The van der Waals surface area contributed by atoms with E-state index < -0.39 is 11.9 Å². The molecule has 0 radical (unpaired) electrons. The van der Waals surface area contributed by atoms with Gasteiger partial charge in [-0.05, 0) is 37.1 Å². The largest absolute Gasteiger partial charge is 0.481 e. The van der Waals surface area contributed by atoms with E-state index in [4.69, 9.17) is 16.7 Å². The molecule has 1 fully saturated rings. The topological polar surface area (TPSA) is 74.6 Å². The maximum Gasteiger partial charge on any atom is 0.317 e. The number of carboxylic acids is 1. The third kappa shape index (κ3) is 3.64. The summed E-state index contributed by atoms with van der Waals surface area (Å²) in [5.74, 6) is -1.28. The van der Waals surface area contributed by atoms with Crippen molar-refractivity contribution in [2.75, 3.05) is 19.6 Å². The lowest BCUT2D eigenvalue weighted by Gasteiger charge is -2.30. The molecule has 1 aliphatic heterocycles. The number of amides is 2. The van der Waals surface area contributed by atoms with Crippen LogP contribution in [0.25, 0.3) is 10.9 Å². The molecular weight excluding hydrogens is 330 g/mol. The summed E-state index contributed by atoms with van der Waals surface area (Å²) in [6, 6.07) is 7.51. The number of halogens is 1. The molecule has 24 heavy (non-hydrogen) atoms. The number of aromatic nitrogens is 1. The monoisotopic (exact) mass is 349 g/mol. The zero-order valence-corrected chi connectivity index (χ0v) is 14.0. The van der Waals surface area contributed by atoms with Crippen molar-refractivity contribution in [1.82, 2.24) is 14.8 Å². The van der Waals surface area contributed by atoms with Crippen LogP contribution in [-0.2, 0) is 11.3 Å². The van der Waals surface area contributed by atoms with Gasteiger partial charge < -0.3 is 19.9 Å². The summed E-state index contributed by atoms with van der Waals surface area (Å²) in [4.78, 5) is 24.9. The Kier molecular flexibility index (Phi) is 4.94. The van der Waals surface area contributed by atoms with Crippen LogP contribution >= 0.6 is 11.6 Å². The van der Waals surface area contributed by atoms with Crippen LogP contribution in [0.15, 0.2) is 30.5 Å². The van der Waals surface area contributed by atoms with Crippen LogP contribution in [0.4, 0.5) is 4.79 Å². The average molecular weight is 350 g/mol. The number of aliphatic carboxylic acids is 1. The van der Waals surface area contributed by atoms with Gasteiger partial charge in [0.2, 0.25) is 0 Å². The first-order valence-corrected chi connectivity index (χ1v) is 8.42. The molecule has 0 aliphatic carbocycles. The van der Waals surface area contributed by atoms with E-state index in [0.717, 1.165) is 17.3 Å². The normalized spacial score (nSPS) is 17.9. The first kappa shape index (κ1) is 16.6. The number of carbonyl (C=O) groups is 2. The summed E-state index contributed by atoms with van der Waals surface area (Å²) in [5.41, 5.74) is 1.07. The second kappa shape index (κ2) is 7.13. The minimum absolute atomic E-state index is 0.194. The van der Waals surface area contributed by atoms with E-state index in [9.17, 15) is 9.59 Å². The van der Waals surface area contributed by atoms with Crippen molar-refractivity contribution < 1.29 is 14.7 Å². The van der Waals surface area contributed by atoms with E-state index >= 15 is 0 Å². The fraction of sp³-hybridized carbons (Fsp3) is 0.412. The Hall–Kier alpha value is -2.21. The molecule has 7 heteroatoms. The molecule has 0 spiro atoms. The predicted octanol–water partition coefficient (Wildman–Crippen LogP) is 2.80. The molecule has 0 bridgehead atoms. The summed E-state index contributed by atoms with van der Waals surface area (Å²) in [5, 5.41) is 13.7. The van der Waals surface area contributed by atoms with E-state index in [-0.39, 0.29) is 12.6 Å². The Morgan fingerprint density at radius 1 is 1.33 bits per heavy atom. The van der Waals surface area contributed by atoms with Crippen molar-refractivity contribution in [3.63, 3.8) is 0 Å². The predicted molar refractivity (Wildman–Crippen MR) is 92.3 cm³/mol. The van der Waals surface area contributed by atoms with Crippen LogP contribution in [0, 0.1) is 5.92 Å². The fourth-order valence-electron chi connectivity index (χ4n) is 3.12. The molecule has 1 aliphatic rings. The number of carbonyl (C=O) groups excluding carboxylic acids is 1. The van der Waals surface area contributed by atoms with E-state index in [1.807, 2.05) is 30.5 Å². The Bertz CT molecular complexity index is 759. The van der Waals surface area contributed by atoms with Crippen LogP contribution in [0.1, 0.15) is 12.8 Å². The highest BCUT2D eigenvalue weighted by Crippen LogP contribution is 2.20. The van der Waals surface area contributed by atoms with Gasteiger partial charge in [-0.15, -0.1) is 0 Å². The highest BCUT2D eigenvalue weighted by molar-refractivity contribution is 6.31. The highest BCUT2D eigenvalue weighted by Gasteiger charge is 2.27. The summed E-state index contributed by atoms with van der Waals surface area (Å²) in [6.07, 6.45) is 3.33. The molecule has 0 saturated carbocycles. The molecule has 1 unspecified atom stereocenters. The number of urea groups is 1. The number of rotatable bonds is 4. The Labute approximate surface area is 145 Å². The maximum absolute atomic E-state index is 12.2. The van der Waals surface area contributed by atoms with Crippen molar-refractivity contribution in [3.05, 3.63) is 35.5 Å². The van der Waals surface area contributed by atoms with Crippen molar-refractivity contribution in [3.8, 4) is 0 Å². The van der Waals surface area contributed by atoms with Gasteiger partial charge in [-0.2, -0.15) is 0 Å². The Morgan fingerprint density at radius 3 is 2.96 bits per heavy atom. The number of nitrogens with one attached hydrogen (secondary N) is 1. The van der Waals surface area contributed by atoms with Gasteiger partial charge in [-0.3, -0.25) is 4.79 Å². The minimum atomic E-state index is -0.829. The van der Waals surface area contributed by atoms with Gasteiger partial charge in [0, 0.05) is 48.3 Å². The van der Waals surface area contributed by atoms with Gasteiger partial charge in [0.1, 0.15) is 0 Å². The number of nitrogens with zero attached hydrogens (tertiary/aromatic N) is 2. The van der Waals surface area contributed by atoms with Gasteiger partial charge in [-0.1, -0.05) is 11.6 Å². The number of likely N-dealkylation sites (tertiary alicyclic amines) is 1. The summed E-state index contributed by atoms with van der Waals surface area (Å²) in [6.45, 7) is 2.03. The zero-order valence-electron chi connectivity index (χ0n) is 13.2. The summed E-state index contributed by atoms with van der Waals surface area (Å²) >= 11 is 5.98. The standard InChI is InChI=1S/C17H20ClN3O3/c18-14-3-4-15-12(10-14)5-8-20(15)9-6-19-17(24)21-7-1-2-13(11-21)16(22)23/h3-5,8,10,13H,1-2,6-7,9,11H2,(H,19,24)(H,22,23). The van der Waals surface area contributed by atoms with Crippen LogP contribution < -0.4 is 5.32 Å². The summed E-state index contributed by atoms with van der Waals surface area (Å²) < 4.78 is 2.06. The third-order valence-corrected chi connectivity index (χ3v) is 4.65. The molecule has 1 aromatic carbocycles. The van der Waals surface area contributed by atoms with Crippen molar-refractivity contribution >= 4 is 34.5 Å². The smallest absolute Gasteiger partial charge is 0.317 e. The van der Waals surface area contributed by atoms with E-state index in [1.54, 1.807) is 4.90 Å². The number of benzene rings is 1. The fourth-order valence-corrected chi connectivity index (χ4v) is 3.30. The molecule has 1 atom stereocenters. The van der Waals surface area contributed by atoms with Gasteiger partial charge in [-0.25, -0.2) is 4.79 Å². The second-order valence-electron chi connectivity index (χ2n) is 6.07. The van der Waals surface area contributed by atoms with Gasteiger partial charge in [0.15, 0.2) is 0 Å². The molecule has 3 rings (SSSR count). The van der Waals surface area contributed by atoms with Gasteiger partial charge in [0.05, 0.1) is 5.92 Å². The first-order chi connectivity index (χ1) is 11.5. The molecule has 1 saturated heterocycles. The molecule has 2 N–H and O–H groups in total. The van der Waals surface area contributed by atoms with Crippen molar-refractivity contribution in [2.45, 2.75) is 19.4 Å². The number of carboxylic acid groups (broad SMARTS) is 1. The van der Waals surface area contributed by atoms with Gasteiger partial charge >= 0.3 is 12.0 Å². The number of hydrogen-bond donors (Lipinski definition) is 2. The third-order valence-electron chi connectivity index (χ3n) is 4.42. The minimum Gasteiger partial charge on any atom is -0.481 e. The van der Waals surface area contributed by atoms with Gasteiger partial charge in [0.25, 0.3) is 0 Å². The second-order valence-corrected chi connectivity index (χ2v) is 6.50. The Balaban J connectivity index is 1.53. The summed E-state index contributed by atoms with van der Waals surface area (Å²) in [7, 11) is 0. The molecule has 6 nitrogen and oxygen atoms in total. The number of fused-ring (bicyclic) bond motifs is 1. The van der Waals surface area contributed by atoms with Crippen molar-refractivity contribution in [1.29, 1.82) is 0 Å². The molecule has 2 heterocycles. The van der Waals surface area contributed by atoms with Crippen LogP contribution in [0.5, 0.6) is 0 Å². The van der Waals surface area contributed by atoms with Crippen LogP contribution in [-0.4, -0.2) is 46.2 Å². The van der Waals surface area contributed by atoms with Crippen molar-refractivity contribution in [2.24, 2.45) is 5.92 Å². The lowest BCUT2D eigenvalue weighted by Crippen LogP contribution is -2.47. The first-order valence-electron chi connectivity index (χ1n) is 8.04. The SMILES string of the molecule is O=C(O)C1CCCN(C(=O)NCCn2ccc3cc(Cl)ccc32)C1. The molecule has 2 amide bonds. The van der Waals surface area contributed by atoms with E-state index in [0.29, 0.717) is 31.1 Å². The lowest BCUT2D eigenvalue weighted by atomic mass is 9.99. The maximum atomic E-state index is 12.2.